The zero-order chi connectivity index (χ0) is 24.9. The van der Waals surface area contributed by atoms with Crippen LogP contribution in [0.25, 0.3) is 5.69 Å². The second-order valence-electron chi connectivity index (χ2n) is 9.29. The number of carbonyl (C=O) groups excluding carboxylic acids is 2. The minimum atomic E-state index is -0.537. The van der Waals surface area contributed by atoms with Crippen LogP contribution in [0, 0.1) is 12.7 Å². The summed E-state index contributed by atoms with van der Waals surface area (Å²) in [6.45, 7) is 10.2. The summed E-state index contributed by atoms with van der Waals surface area (Å²) in [4.78, 5) is 27.1. The average molecular weight is 466 g/mol. The molecule has 1 heterocycles. The van der Waals surface area contributed by atoms with Crippen molar-refractivity contribution in [2.75, 3.05) is 23.7 Å². The van der Waals surface area contributed by atoms with Crippen molar-refractivity contribution < 1.29 is 14.0 Å². The van der Waals surface area contributed by atoms with Gasteiger partial charge in [-0.2, -0.15) is 5.10 Å². The van der Waals surface area contributed by atoms with E-state index in [1.165, 1.54) is 17.0 Å². The van der Waals surface area contributed by atoms with Gasteiger partial charge in [0.1, 0.15) is 18.2 Å². The predicted molar refractivity (Wildman–Crippen MR) is 133 cm³/mol. The molecule has 8 heteroatoms. The van der Waals surface area contributed by atoms with Gasteiger partial charge in [0.15, 0.2) is 0 Å². The highest BCUT2D eigenvalue weighted by Gasteiger charge is 2.23. The van der Waals surface area contributed by atoms with E-state index in [2.05, 4.69) is 31.4 Å². The van der Waals surface area contributed by atoms with Crippen molar-refractivity contribution in [3.05, 3.63) is 71.7 Å². The van der Waals surface area contributed by atoms with Gasteiger partial charge < -0.3 is 15.5 Å². The van der Waals surface area contributed by atoms with Gasteiger partial charge in [0, 0.05) is 18.0 Å². The van der Waals surface area contributed by atoms with Crippen LogP contribution in [0.2, 0.25) is 0 Å². The first-order chi connectivity index (χ1) is 16.1. The number of aromatic nitrogens is 2. The fraction of sp³-hybridized carbons (Fsp3) is 0.346. The van der Waals surface area contributed by atoms with Gasteiger partial charge in [-0.25, -0.2) is 13.9 Å². The second-order valence-corrected chi connectivity index (χ2v) is 9.29. The topological polar surface area (TPSA) is 79.3 Å². The Morgan fingerprint density at radius 2 is 1.74 bits per heavy atom. The van der Waals surface area contributed by atoms with Crippen molar-refractivity contribution in [2.45, 2.75) is 46.5 Å². The van der Waals surface area contributed by atoms with E-state index in [1.807, 2.05) is 44.2 Å². The molecule has 34 heavy (non-hydrogen) atoms. The minimum Gasteiger partial charge on any atom is -0.315 e. The fourth-order valence-corrected chi connectivity index (χ4v) is 3.35. The number of aryl methyl sites for hydroxylation is 1. The molecule has 7 nitrogen and oxygen atoms in total. The van der Waals surface area contributed by atoms with E-state index in [-0.39, 0.29) is 23.6 Å². The standard InChI is InChI=1S/C26H32FN5O2/c1-6-15-31(25(34)28-21-10-8-7-9-20(21)27)17-24(33)29-23-16-22(26(3,4)5)30-32(23)19-13-11-18(2)12-14-19/h7-14,16H,6,15,17H2,1-5H3,(H,28,34)(H,29,33). The molecule has 2 aromatic carbocycles. The van der Waals surface area contributed by atoms with Crippen molar-refractivity contribution >= 4 is 23.4 Å². The first kappa shape index (κ1) is 25.0. The molecule has 180 valence electrons. The van der Waals surface area contributed by atoms with E-state index in [9.17, 15) is 14.0 Å². The molecule has 0 unspecified atom stereocenters. The molecule has 0 bridgehead atoms. The largest absolute Gasteiger partial charge is 0.322 e. The highest BCUT2D eigenvalue weighted by Crippen LogP contribution is 2.26. The average Bonchev–Trinajstić information content (AvgIpc) is 3.19. The molecule has 3 aromatic rings. The van der Waals surface area contributed by atoms with E-state index in [0.717, 1.165) is 16.9 Å². The lowest BCUT2D eigenvalue weighted by Gasteiger charge is -2.22. The number of nitrogens with one attached hydrogen (secondary N) is 2. The van der Waals surface area contributed by atoms with Crippen LogP contribution < -0.4 is 10.6 Å². The number of urea groups is 1. The Morgan fingerprint density at radius 3 is 2.35 bits per heavy atom. The van der Waals surface area contributed by atoms with Crippen molar-refractivity contribution in [3.8, 4) is 5.69 Å². The SMILES string of the molecule is CCCN(CC(=O)Nc1cc(C(C)(C)C)nn1-c1ccc(C)cc1)C(=O)Nc1ccccc1F. The van der Waals surface area contributed by atoms with Crippen molar-refractivity contribution in [2.24, 2.45) is 0 Å². The van der Waals surface area contributed by atoms with Crippen LogP contribution in [0.1, 0.15) is 45.4 Å². The Morgan fingerprint density at radius 1 is 1.06 bits per heavy atom. The van der Waals surface area contributed by atoms with Gasteiger partial charge in [0.25, 0.3) is 0 Å². The quantitative estimate of drug-likeness (QED) is 0.484. The van der Waals surface area contributed by atoms with E-state index in [0.29, 0.717) is 18.8 Å². The lowest BCUT2D eigenvalue weighted by Crippen LogP contribution is -2.41. The molecule has 0 aliphatic heterocycles. The van der Waals surface area contributed by atoms with Crippen molar-refractivity contribution in [1.82, 2.24) is 14.7 Å². The van der Waals surface area contributed by atoms with Gasteiger partial charge >= 0.3 is 6.03 Å². The number of hydrogen-bond donors (Lipinski definition) is 2. The summed E-state index contributed by atoms with van der Waals surface area (Å²) in [6, 6.07) is 15.1. The third kappa shape index (κ3) is 6.21. The number of benzene rings is 2. The molecular weight excluding hydrogens is 433 g/mol. The van der Waals surface area contributed by atoms with Gasteiger partial charge in [0.2, 0.25) is 5.91 Å². The fourth-order valence-electron chi connectivity index (χ4n) is 3.35. The molecular formula is C26H32FN5O2. The van der Waals surface area contributed by atoms with Gasteiger partial charge in [-0.05, 0) is 37.6 Å². The van der Waals surface area contributed by atoms with Crippen molar-refractivity contribution in [1.29, 1.82) is 0 Å². The van der Waals surface area contributed by atoms with E-state index in [1.54, 1.807) is 16.8 Å². The first-order valence-corrected chi connectivity index (χ1v) is 11.4. The summed E-state index contributed by atoms with van der Waals surface area (Å²) in [7, 11) is 0. The van der Waals surface area contributed by atoms with Gasteiger partial charge in [0.05, 0.1) is 17.1 Å². The lowest BCUT2D eigenvalue weighted by atomic mass is 9.92. The molecule has 3 amide bonds. The van der Waals surface area contributed by atoms with Crippen LogP contribution in [0.3, 0.4) is 0 Å². The minimum absolute atomic E-state index is 0.0706. The third-order valence-electron chi connectivity index (χ3n) is 5.25. The monoisotopic (exact) mass is 465 g/mol. The second kappa shape index (κ2) is 10.5. The van der Waals surface area contributed by atoms with Crippen LogP contribution >= 0.6 is 0 Å². The Hall–Kier alpha value is -3.68. The summed E-state index contributed by atoms with van der Waals surface area (Å²) >= 11 is 0. The summed E-state index contributed by atoms with van der Waals surface area (Å²) < 4.78 is 15.7. The maximum atomic E-state index is 14.0. The highest BCUT2D eigenvalue weighted by molar-refractivity contribution is 5.96. The Balaban J connectivity index is 1.80. The van der Waals surface area contributed by atoms with Crippen LogP contribution in [0.15, 0.2) is 54.6 Å². The summed E-state index contributed by atoms with van der Waals surface area (Å²) in [5, 5.41) is 10.2. The Bertz CT molecular complexity index is 1150. The molecule has 0 spiro atoms. The number of amides is 3. The van der Waals surface area contributed by atoms with Crippen molar-refractivity contribution in [3.63, 3.8) is 0 Å². The maximum absolute atomic E-state index is 14.0. The Labute approximate surface area is 200 Å². The van der Waals surface area contributed by atoms with Gasteiger partial charge in [-0.15, -0.1) is 0 Å². The van der Waals surface area contributed by atoms with Gasteiger partial charge in [-0.1, -0.05) is 57.5 Å². The smallest absolute Gasteiger partial charge is 0.315 e. The molecule has 0 aliphatic carbocycles. The lowest BCUT2D eigenvalue weighted by molar-refractivity contribution is -0.116. The number of para-hydroxylation sites is 1. The van der Waals surface area contributed by atoms with E-state index < -0.39 is 11.8 Å². The van der Waals surface area contributed by atoms with Gasteiger partial charge in [-0.3, -0.25) is 4.79 Å². The number of halogens is 1. The molecule has 2 N–H and O–H groups in total. The molecule has 0 radical (unpaired) electrons. The maximum Gasteiger partial charge on any atom is 0.322 e. The summed E-state index contributed by atoms with van der Waals surface area (Å²) in [5.74, 6) is -0.385. The summed E-state index contributed by atoms with van der Waals surface area (Å²) in [6.07, 6.45) is 0.646. The molecule has 1 aromatic heterocycles. The molecule has 0 fully saturated rings. The molecule has 0 aliphatic rings. The number of hydrogen-bond acceptors (Lipinski definition) is 3. The molecule has 0 saturated carbocycles. The van der Waals surface area contributed by atoms with Crippen LogP contribution in [-0.2, 0) is 10.2 Å². The van der Waals surface area contributed by atoms with Crippen LogP contribution in [0.4, 0.5) is 20.7 Å². The summed E-state index contributed by atoms with van der Waals surface area (Å²) in [5.41, 5.74) is 2.61. The zero-order valence-electron chi connectivity index (χ0n) is 20.4. The van der Waals surface area contributed by atoms with E-state index >= 15 is 0 Å². The zero-order valence-corrected chi connectivity index (χ0v) is 20.4. The third-order valence-corrected chi connectivity index (χ3v) is 5.25. The molecule has 0 saturated heterocycles. The van der Waals surface area contributed by atoms with Crippen LogP contribution in [0.5, 0.6) is 0 Å². The molecule has 0 atom stereocenters. The number of carbonyl (C=O) groups is 2. The normalized spacial score (nSPS) is 11.2. The molecule has 3 rings (SSSR count). The predicted octanol–water partition coefficient (Wildman–Crippen LogP) is 5.50. The van der Waals surface area contributed by atoms with E-state index in [4.69, 9.17) is 5.10 Å². The number of anilines is 2. The number of nitrogens with zero attached hydrogens (tertiary/aromatic N) is 3. The Kier molecular flexibility index (Phi) is 7.71. The first-order valence-electron chi connectivity index (χ1n) is 11.4. The van der Waals surface area contributed by atoms with Crippen LogP contribution in [-0.4, -0.2) is 39.7 Å². The number of rotatable bonds is 7. The highest BCUT2D eigenvalue weighted by atomic mass is 19.1.